The van der Waals surface area contributed by atoms with Crippen molar-refractivity contribution < 1.29 is 33.1 Å². The molecule has 0 radical (unpaired) electrons. The molecule has 4 atom stereocenters. The van der Waals surface area contributed by atoms with E-state index in [0.717, 1.165) is 68.4 Å². The Labute approximate surface area is 336 Å². The molecule has 2 fully saturated rings. The van der Waals surface area contributed by atoms with Crippen LogP contribution < -0.4 is 14.4 Å². The van der Waals surface area contributed by atoms with Gasteiger partial charge in [-0.25, -0.2) is 0 Å². The first kappa shape index (κ1) is 42.4. The second kappa shape index (κ2) is 15.5. The summed E-state index contributed by atoms with van der Waals surface area (Å²) >= 11 is 0. The predicted octanol–water partition coefficient (Wildman–Crippen LogP) is 8.76. The maximum absolute atomic E-state index is 15.9. The zero-order valence-electron chi connectivity index (χ0n) is 36.5. The number of carbonyl (C=O) groups is 2. The summed E-state index contributed by atoms with van der Waals surface area (Å²) in [6.07, 6.45) is 6.70. The Kier molecular flexibility index (Phi) is 11.8. The topological polar surface area (TPSA) is 118 Å². The molecule has 56 heavy (non-hydrogen) atoms. The van der Waals surface area contributed by atoms with Gasteiger partial charge in [0.1, 0.15) is 17.1 Å². The summed E-state index contributed by atoms with van der Waals surface area (Å²) in [5.41, 5.74) is 2.29. The minimum absolute atomic E-state index is 0.0658. The lowest BCUT2D eigenvalue weighted by Crippen LogP contribution is -2.68. The van der Waals surface area contributed by atoms with E-state index in [-0.39, 0.29) is 39.3 Å². The van der Waals surface area contributed by atoms with Gasteiger partial charge >= 0.3 is 0 Å². The number of aliphatic hydroxyl groups is 1. The highest BCUT2D eigenvalue weighted by molar-refractivity contribution is 6.74. The summed E-state index contributed by atoms with van der Waals surface area (Å²) in [6, 6.07) is 1.58. The zero-order valence-corrected chi connectivity index (χ0v) is 37.5. The van der Waals surface area contributed by atoms with E-state index >= 15 is 9.59 Å². The number of nitrogens with zero attached hydrogens (tertiary/aromatic N) is 4. The van der Waals surface area contributed by atoms with Crippen molar-refractivity contribution in [1.82, 2.24) is 15.0 Å². The molecule has 1 N–H and O–H groups in total. The summed E-state index contributed by atoms with van der Waals surface area (Å²) in [5, 5.41) is 16.7. The monoisotopic (exact) mass is 792 g/mol. The predicted molar refractivity (Wildman–Crippen MR) is 223 cm³/mol. The summed E-state index contributed by atoms with van der Waals surface area (Å²) in [7, 11) is 5.16. The first-order chi connectivity index (χ1) is 26.2. The largest absolute Gasteiger partial charge is 0.507 e. The van der Waals surface area contributed by atoms with E-state index in [4.69, 9.17) is 18.4 Å². The molecule has 11 nitrogen and oxygen atoms in total. The Morgan fingerprint density at radius 1 is 1.02 bits per heavy atom. The molecular formula is C44H68N4O7Si. The van der Waals surface area contributed by atoms with E-state index in [0.29, 0.717) is 43.1 Å². The van der Waals surface area contributed by atoms with E-state index < -0.39 is 37.4 Å². The van der Waals surface area contributed by atoms with E-state index in [2.05, 4.69) is 96.7 Å². The number of hydrogen-bond acceptors (Lipinski definition) is 11. The Bertz CT molecular complexity index is 1860. The first-order valence-electron chi connectivity index (χ1n) is 21.0. The number of ether oxygens (including phenoxy) is 2. The molecule has 310 valence electrons. The van der Waals surface area contributed by atoms with Gasteiger partial charge in [-0.1, -0.05) is 47.5 Å². The Balaban J connectivity index is 1.60. The third-order valence-electron chi connectivity index (χ3n) is 13.5. The van der Waals surface area contributed by atoms with Gasteiger partial charge in [0.25, 0.3) is 5.88 Å². The van der Waals surface area contributed by atoms with Crippen molar-refractivity contribution in [3.63, 3.8) is 0 Å². The Morgan fingerprint density at radius 3 is 2.25 bits per heavy atom. The van der Waals surface area contributed by atoms with Crippen LogP contribution in [0.4, 0.5) is 5.69 Å². The molecule has 3 aliphatic carbocycles. The highest BCUT2D eigenvalue weighted by Gasteiger charge is 2.69. The number of anilines is 1. The number of unbranched alkanes of at least 4 members (excludes halogenated alkanes) is 2. The molecule has 1 aromatic carbocycles. The maximum atomic E-state index is 15.9. The Hall–Kier alpha value is -3.19. The van der Waals surface area contributed by atoms with Crippen LogP contribution in [-0.4, -0.2) is 99.0 Å². The van der Waals surface area contributed by atoms with Crippen molar-refractivity contribution in [2.24, 2.45) is 11.8 Å². The number of fused-ring (bicyclic) bond motifs is 4. The smallest absolute Gasteiger partial charge is 0.265 e. The third-order valence-corrected chi connectivity index (χ3v) is 17.9. The first-order valence-corrected chi connectivity index (χ1v) is 23.9. The van der Waals surface area contributed by atoms with Crippen molar-refractivity contribution in [2.45, 2.75) is 142 Å². The molecule has 0 bridgehead atoms. The van der Waals surface area contributed by atoms with Crippen LogP contribution in [0.3, 0.4) is 0 Å². The van der Waals surface area contributed by atoms with Gasteiger partial charge in [-0.3, -0.25) is 19.4 Å². The van der Waals surface area contributed by atoms with E-state index in [1.165, 1.54) is 0 Å². The molecular weight excluding hydrogens is 725 g/mol. The van der Waals surface area contributed by atoms with E-state index in [9.17, 15) is 5.11 Å². The number of benzene rings is 1. The fourth-order valence-electron chi connectivity index (χ4n) is 9.43. The number of ketones is 2. The van der Waals surface area contributed by atoms with Crippen LogP contribution in [0.15, 0.2) is 16.2 Å². The molecule has 1 saturated carbocycles. The summed E-state index contributed by atoms with van der Waals surface area (Å²) in [6.45, 7) is 21.9. The van der Waals surface area contributed by atoms with Crippen molar-refractivity contribution in [2.75, 3.05) is 52.8 Å². The van der Waals surface area contributed by atoms with Gasteiger partial charge in [0, 0.05) is 43.4 Å². The lowest BCUT2D eigenvalue weighted by Gasteiger charge is -2.55. The molecule has 1 aliphatic heterocycles. The summed E-state index contributed by atoms with van der Waals surface area (Å²) < 4.78 is 26.0. The average Bonchev–Trinajstić information content (AvgIpc) is 3.66. The van der Waals surface area contributed by atoms with Crippen LogP contribution in [0, 0.1) is 11.8 Å². The fourth-order valence-corrected chi connectivity index (χ4v) is 10.9. The molecule has 1 saturated heterocycles. The van der Waals surface area contributed by atoms with E-state index in [1.54, 1.807) is 0 Å². The van der Waals surface area contributed by atoms with Gasteiger partial charge in [-0.05, 0) is 119 Å². The molecule has 0 unspecified atom stereocenters. The van der Waals surface area contributed by atoms with Crippen LogP contribution in [-0.2, 0) is 22.2 Å². The van der Waals surface area contributed by atoms with Crippen molar-refractivity contribution in [3.05, 3.63) is 39.7 Å². The van der Waals surface area contributed by atoms with Crippen LogP contribution in [0.5, 0.6) is 11.6 Å². The molecule has 2 aromatic rings. The van der Waals surface area contributed by atoms with Gasteiger partial charge < -0.3 is 28.4 Å². The van der Waals surface area contributed by atoms with Crippen molar-refractivity contribution in [1.29, 1.82) is 0 Å². The second-order valence-corrected chi connectivity index (χ2v) is 24.0. The number of Topliss-reactive ketones (excluding diaryl/α,β-unsaturated/α-hetero) is 2. The number of hydrogen-bond donors (Lipinski definition) is 1. The number of aliphatic hydroxyl groups excluding tert-OH is 1. The number of rotatable bonds is 14. The molecule has 6 rings (SSSR count). The number of likely N-dealkylation sites (tertiary alicyclic amines) is 1. The van der Waals surface area contributed by atoms with Crippen molar-refractivity contribution >= 4 is 31.3 Å². The minimum atomic E-state index is -2.84. The quantitative estimate of drug-likeness (QED) is 0.112. The standard InChI is InChI=1S/C44H68N4O7Si/c1-14-16-21-52-31-25-28(26-48-20-18-19-43(48,6)7)35(46(8)9)29-23-27-24-30-36(47(10)11)38-34(41(45-54-38)53-22-17-15-2)40(51)44(30,55-56(12,13)42(3,4)5)39(50)32(27)37(49)33(29)31/h25,27,30,36,49H,14-24,26H2,1-13H3/t27-,30-,36-,44-/m0/s1. The SMILES string of the molecule is CCCCOc1cc(CN2CCCC2(C)C)c(N(C)C)c2c1C(O)=C1C(=O)[C@]3(O[Si](C)(C)C(C)(C)C)C(=O)c4c(OCCCC)noc4[C@@H](N(C)C)[C@@H]3C[C@@H]1C2. The molecule has 0 spiro atoms. The fraction of sp³-hybridized carbons (Fsp3) is 0.705. The number of aromatic nitrogens is 1. The number of carbonyl (C=O) groups excluding carboxylic acids is 2. The van der Waals surface area contributed by atoms with Crippen LogP contribution in [0.2, 0.25) is 18.1 Å². The molecule has 0 amide bonds. The summed E-state index contributed by atoms with van der Waals surface area (Å²) in [4.78, 5) is 38.1. The molecule has 4 aliphatic rings. The Morgan fingerprint density at radius 2 is 1.68 bits per heavy atom. The maximum Gasteiger partial charge on any atom is 0.265 e. The lowest BCUT2D eigenvalue weighted by atomic mass is 9.57. The van der Waals surface area contributed by atoms with Gasteiger partial charge in [0.2, 0.25) is 11.6 Å². The summed E-state index contributed by atoms with van der Waals surface area (Å²) in [5.74, 6) is -0.971. The van der Waals surface area contributed by atoms with Crippen LogP contribution >= 0.6 is 0 Å². The normalized spacial score (nSPS) is 24.9. The van der Waals surface area contributed by atoms with Gasteiger partial charge in [0.05, 0.1) is 24.8 Å². The van der Waals surface area contributed by atoms with Crippen LogP contribution in [0.1, 0.15) is 132 Å². The van der Waals surface area contributed by atoms with Crippen molar-refractivity contribution in [3.8, 4) is 11.6 Å². The zero-order chi connectivity index (χ0) is 41.1. The third kappa shape index (κ3) is 7.04. The molecule has 12 heteroatoms. The highest BCUT2D eigenvalue weighted by atomic mass is 28.4. The molecule has 1 aromatic heterocycles. The van der Waals surface area contributed by atoms with Gasteiger partial charge in [-0.15, -0.1) is 0 Å². The van der Waals surface area contributed by atoms with Gasteiger partial charge in [-0.2, -0.15) is 0 Å². The van der Waals surface area contributed by atoms with Crippen LogP contribution in [0.25, 0.3) is 5.76 Å². The highest BCUT2D eigenvalue weighted by Crippen LogP contribution is 2.60. The minimum Gasteiger partial charge on any atom is -0.507 e. The average molecular weight is 793 g/mol. The van der Waals surface area contributed by atoms with E-state index in [1.807, 2.05) is 19.0 Å². The van der Waals surface area contributed by atoms with Gasteiger partial charge in [0.15, 0.2) is 19.7 Å². The molecule has 2 heterocycles. The lowest BCUT2D eigenvalue weighted by molar-refractivity contribution is -0.140. The second-order valence-electron chi connectivity index (χ2n) is 19.3.